The van der Waals surface area contributed by atoms with Gasteiger partial charge in [-0.25, -0.2) is 9.59 Å². The predicted octanol–water partition coefficient (Wildman–Crippen LogP) is 0.543. The van der Waals surface area contributed by atoms with E-state index in [1.165, 1.54) is 7.11 Å². The van der Waals surface area contributed by atoms with Crippen LogP contribution < -0.4 is 5.32 Å². The van der Waals surface area contributed by atoms with Crippen LogP contribution in [0.4, 0.5) is 4.79 Å². The van der Waals surface area contributed by atoms with Crippen LogP contribution in [-0.4, -0.2) is 68.1 Å². The number of carbonyl (C=O) groups excluding carboxylic acids is 1. The summed E-state index contributed by atoms with van der Waals surface area (Å²) < 4.78 is 9.73. The number of nitrogens with zero attached hydrogens (tertiary/aromatic N) is 1. The second-order valence-electron chi connectivity index (χ2n) is 4.24. The van der Waals surface area contributed by atoms with E-state index in [4.69, 9.17) is 14.6 Å². The van der Waals surface area contributed by atoms with Gasteiger partial charge in [0.2, 0.25) is 0 Å². The van der Waals surface area contributed by atoms with Gasteiger partial charge in [0.1, 0.15) is 0 Å². The van der Waals surface area contributed by atoms with Gasteiger partial charge in [-0.3, -0.25) is 0 Å². The number of carboxylic acids is 1. The minimum atomic E-state index is -1.12. The average Bonchev–Trinajstić information content (AvgIpc) is 2.38. The summed E-state index contributed by atoms with van der Waals surface area (Å²) in [6.07, 6.45) is 0.777. The van der Waals surface area contributed by atoms with E-state index >= 15 is 0 Å². The van der Waals surface area contributed by atoms with Crippen molar-refractivity contribution in [2.75, 3.05) is 34.0 Å². The molecule has 0 aromatic rings. The number of methoxy groups -OCH3 is 2. The Hall–Kier alpha value is -1.34. The molecule has 0 aromatic heterocycles. The number of hydrogen-bond donors (Lipinski definition) is 2. The van der Waals surface area contributed by atoms with E-state index in [2.05, 4.69) is 5.32 Å². The molecular formula is C12H24N2O5. The quantitative estimate of drug-likeness (QED) is 0.642. The molecule has 2 unspecified atom stereocenters. The molecular weight excluding hydrogens is 252 g/mol. The Morgan fingerprint density at radius 2 is 1.95 bits per heavy atom. The second-order valence-corrected chi connectivity index (χ2v) is 4.24. The van der Waals surface area contributed by atoms with Gasteiger partial charge in [-0.05, 0) is 13.3 Å². The molecule has 2 N–H and O–H groups in total. The molecule has 0 spiro atoms. The van der Waals surface area contributed by atoms with Crippen molar-refractivity contribution in [1.82, 2.24) is 10.2 Å². The summed E-state index contributed by atoms with van der Waals surface area (Å²) in [5.74, 6) is -1.12. The molecule has 2 atom stereocenters. The number of urea groups is 1. The lowest BCUT2D eigenvalue weighted by Gasteiger charge is -2.29. The Kier molecular flexibility index (Phi) is 8.90. The maximum atomic E-state index is 12.1. The maximum absolute atomic E-state index is 12.1. The lowest BCUT2D eigenvalue weighted by Crippen LogP contribution is -2.52. The molecule has 7 nitrogen and oxygen atoms in total. The molecule has 112 valence electrons. The smallest absolute Gasteiger partial charge is 0.328 e. The fourth-order valence-electron chi connectivity index (χ4n) is 1.51. The molecule has 0 aliphatic rings. The van der Waals surface area contributed by atoms with Crippen LogP contribution in [0.25, 0.3) is 0 Å². The van der Waals surface area contributed by atoms with Crippen molar-refractivity contribution < 1.29 is 24.2 Å². The largest absolute Gasteiger partial charge is 0.480 e. The minimum absolute atomic E-state index is 0.00661. The first-order valence-electron chi connectivity index (χ1n) is 6.25. The Morgan fingerprint density at radius 1 is 1.32 bits per heavy atom. The topological polar surface area (TPSA) is 88.1 Å². The number of aliphatic carboxylic acids is 1. The van der Waals surface area contributed by atoms with Crippen molar-refractivity contribution in [2.24, 2.45) is 0 Å². The molecule has 0 fully saturated rings. The van der Waals surface area contributed by atoms with Crippen molar-refractivity contribution >= 4 is 12.0 Å². The number of carbonyl (C=O) groups is 2. The van der Waals surface area contributed by atoms with Crippen molar-refractivity contribution in [3.63, 3.8) is 0 Å². The van der Waals surface area contributed by atoms with E-state index in [0.717, 1.165) is 6.42 Å². The van der Waals surface area contributed by atoms with Crippen molar-refractivity contribution in [1.29, 1.82) is 0 Å². The fraction of sp³-hybridized carbons (Fsp3) is 0.833. The van der Waals surface area contributed by atoms with Crippen LogP contribution in [0.1, 0.15) is 20.3 Å². The zero-order chi connectivity index (χ0) is 14.8. The number of amides is 2. The molecule has 0 radical (unpaired) electrons. The first-order valence-corrected chi connectivity index (χ1v) is 6.25. The standard InChI is InChI=1S/C12H24N2O5/c1-5-9(2)14(6-7-18-3)12(17)13-10(8-19-4)11(15)16/h9-10H,5-8H2,1-4H3,(H,13,17)(H,15,16). The highest BCUT2D eigenvalue weighted by atomic mass is 16.5. The molecule has 0 heterocycles. The van der Waals surface area contributed by atoms with Gasteiger partial charge in [0, 0.05) is 26.8 Å². The average molecular weight is 276 g/mol. The van der Waals surface area contributed by atoms with Crippen LogP contribution in [0, 0.1) is 0 Å². The highest BCUT2D eigenvalue weighted by molar-refractivity contribution is 5.82. The van der Waals surface area contributed by atoms with Gasteiger partial charge in [-0.2, -0.15) is 0 Å². The molecule has 0 saturated carbocycles. The number of carboxylic acid groups (broad SMARTS) is 1. The Morgan fingerprint density at radius 3 is 2.37 bits per heavy atom. The monoisotopic (exact) mass is 276 g/mol. The normalized spacial score (nSPS) is 13.7. The summed E-state index contributed by atoms with van der Waals surface area (Å²) in [5, 5.41) is 11.4. The van der Waals surface area contributed by atoms with E-state index < -0.39 is 18.0 Å². The number of hydrogen-bond acceptors (Lipinski definition) is 4. The first kappa shape index (κ1) is 17.7. The molecule has 0 bridgehead atoms. The van der Waals surface area contributed by atoms with Gasteiger partial charge in [-0.15, -0.1) is 0 Å². The van der Waals surface area contributed by atoms with E-state index in [1.54, 1.807) is 12.0 Å². The molecule has 2 amide bonds. The third-order valence-corrected chi connectivity index (χ3v) is 2.85. The summed E-state index contributed by atoms with van der Waals surface area (Å²) in [5.41, 5.74) is 0. The highest BCUT2D eigenvalue weighted by Crippen LogP contribution is 2.04. The molecule has 7 heteroatoms. The summed E-state index contributed by atoms with van der Waals surface area (Å²) in [6, 6.07) is -1.46. The van der Waals surface area contributed by atoms with Gasteiger partial charge in [0.05, 0.1) is 13.2 Å². The van der Waals surface area contributed by atoms with Crippen molar-refractivity contribution in [3.05, 3.63) is 0 Å². The molecule has 0 saturated heterocycles. The van der Waals surface area contributed by atoms with Crippen LogP contribution >= 0.6 is 0 Å². The summed E-state index contributed by atoms with van der Waals surface area (Å²) in [4.78, 5) is 24.6. The Bertz CT molecular complexity index is 285. The maximum Gasteiger partial charge on any atom is 0.328 e. The van der Waals surface area contributed by atoms with Crippen LogP contribution in [0.15, 0.2) is 0 Å². The van der Waals surface area contributed by atoms with Gasteiger partial charge in [-0.1, -0.05) is 6.92 Å². The summed E-state index contributed by atoms with van der Waals surface area (Å²) >= 11 is 0. The minimum Gasteiger partial charge on any atom is -0.480 e. The number of nitrogens with one attached hydrogen (secondary N) is 1. The summed E-state index contributed by atoms with van der Waals surface area (Å²) in [6.45, 7) is 4.61. The number of ether oxygens (including phenoxy) is 2. The zero-order valence-corrected chi connectivity index (χ0v) is 12.0. The fourth-order valence-corrected chi connectivity index (χ4v) is 1.51. The molecule has 19 heavy (non-hydrogen) atoms. The predicted molar refractivity (Wildman–Crippen MR) is 70.2 cm³/mol. The lowest BCUT2D eigenvalue weighted by atomic mass is 10.2. The third-order valence-electron chi connectivity index (χ3n) is 2.85. The van der Waals surface area contributed by atoms with Crippen molar-refractivity contribution in [2.45, 2.75) is 32.4 Å². The van der Waals surface area contributed by atoms with E-state index in [1.807, 2.05) is 13.8 Å². The molecule has 0 aromatic carbocycles. The SMILES string of the molecule is CCC(C)N(CCOC)C(=O)NC(COC)C(=O)O. The van der Waals surface area contributed by atoms with E-state index in [0.29, 0.717) is 13.2 Å². The lowest BCUT2D eigenvalue weighted by molar-refractivity contribution is -0.140. The Labute approximate surface area is 113 Å². The van der Waals surface area contributed by atoms with E-state index in [9.17, 15) is 9.59 Å². The first-order chi connectivity index (χ1) is 8.97. The van der Waals surface area contributed by atoms with Crippen LogP contribution in [0.2, 0.25) is 0 Å². The van der Waals surface area contributed by atoms with Crippen LogP contribution in [0.3, 0.4) is 0 Å². The van der Waals surface area contributed by atoms with E-state index in [-0.39, 0.29) is 12.6 Å². The van der Waals surface area contributed by atoms with Crippen LogP contribution in [-0.2, 0) is 14.3 Å². The number of rotatable bonds is 9. The van der Waals surface area contributed by atoms with Gasteiger partial charge in [0.15, 0.2) is 6.04 Å². The van der Waals surface area contributed by atoms with Crippen molar-refractivity contribution in [3.8, 4) is 0 Å². The highest BCUT2D eigenvalue weighted by Gasteiger charge is 2.25. The van der Waals surface area contributed by atoms with Gasteiger partial charge >= 0.3 is 12.0 Å². The molecule has 0 rings (SSSR count). The molecule has 0 aliphatic carbocycles. The molecule has 0 aliphatic heterocycles. The third kappa shape index (κ3) is 6.40. The van der Waals surface area contributed by atoms with Gasteiger partial charge < -0.3 is 24.8 Å². The zero-order valence-electron chi connectivity index (χ0n) is 12.0. The summed E-state index contributed by atoms with van der Waals surface area (Å²) in [7, 11) is 2.94. The van der Waals surface area contributed by atoms with Gasteiger partial charge in [0.25, 0.3) is 0 Å². The van der Waals surface area contributed by atoms with Crippen LogP contribution in [0.5, 0.6) is 0 Å². The second kappa shape index (κ2) is 9.57. The Balaban J connectivity index is 4.63.